The molecule has 118 valence electrons. The number of hydrogen-bond donors (Lipinski definition) is 1. The number of nitrogens with one attached hydrogen (secondary N) is 1. The minimum atomic E-state index is -3.61. The van der Waals surface area contributed by atoms with Gasteiger partial charge in [0.15, 0.2) is 0 Å². The van der Waals surface area contributed by atoms with Crippen LogP contribution in [0.1, 0.15) is 11.7 Å². The summed E-state index contributed by atoms with van der Waals surface area (Å²) in [4.78, 5) is 0.236. The summed E-state index contributed by atoms with van der Waals surface area (Å²) in [6, 6.07) is 7.73. The van der Waals surface area contributed by atoms with Gasteiger partial charge in [0, 0.05) is 12.7 Å². The summed E-state index contributed by atoms with van der Waals surface area (Å²) in [6.45, 7) is 0.982. The highest BCUT2D eigenvalue weighted by molar-refractivity contribution is 7.89. The SMILES string of the molecule is COc1ccc(S(=O)(=O)N2CCOC[C@H]2c2ccn[nH]2)cc1. The van der Waals surface area contributed by atoms with Crippen LogP contribution in [0, 0.1) is 0 Å². The van der Waals surface area contributed by atoms with Crippen molar-refractivity contribution in [3.63, 3.8) is 0 Å². The van der Waals surface area contributed by atoms with Crippen molar-refractivity contribution in [2.45, 2.75) is 10.9 Å². The van der Waals surface area contributed by atoms with Gasteiger partial charge in [-0.3, -0.25) is 5.10 Å². The zero-order chi connectivity index (χ0) is 15.6. The van der Waals surface area contributed by atoms with E-state index in [1.165, 1.54) is 4.31 Å². The molecule has 1 aromatic heterocycles. The molecule has 1 atom stereocenters. The summed E-state index contributed by atoms with van der Waals surface area (Å²) < 4.78 is 37.7. The molecule has 0 radical (unpaired) electrons. The number of H-pyrrole nitrogens is 1. The van der Waals surface area contributed by atoms with Gasteiger partial charge >= 0.3 is 0 Å². The molecule has 0 saturated carbocycles. The van der Waals surface area contributed by atoms with E-state index >= 15 is 0 Å². The minimum Gasteiger partial charge on any atom is -0.497 e. The van der Waals surface area contributed by atoms with Gasteiger partial charge in [-0.25, -0.2) is 8.42 Å². The lowest BCUT2D eigenvalue weighted by Gasteiger charge is -2.33. The summed E-state index contributed by atoms with van der Waals surface area (Å²) in [5.74, 6) is 0.617. The van der Waals surface area contributed by atoms with Crippen LogP contribution in [-0.4, -0.2) is 49.8 Å². The molecular weight excluding hydrogens is 306 g/mol. The molecule has 8 heteroatoms. The molecule has 0 amide bonds. The fraction of sp³-hybridized carbons (Fsp3) is 0.357. The van der Waals surface area contributed by atoms with Crippen molar-refractivity contribution in [1.29, 1.82) is 0 Å². The number of aromatic amines is 1. The van der Waals surface area contributed by atoms with Crippen molar-refractivity contribution in [3.8, 4) is 5.75 Å². The molecule has 22 heavy (non-hydrogen) atoms. The summed E-state index contributed by atoms with van der Waals surface area (Å²) >= 11 is 0. The standard InChI is InChI=1S/C14H17N3O4S/c1-20-11-2-4-12(5-3-11)22(18,19)17-8-9-21-10-14(17)13-6-7-15-16-13/h2-7,14H,8-10H2,1H3,(H,15,16)/t14-/m0/s1. The van der Waals surface area contributed by atoms with E-state index in [0.717, 1.165) is 5.69 Å². The van der Waals surface area contributed by atoms with Gasteiger partial charge in [-0.15, -0.1) is 0 Å². The van der Waals surface area contributed by atoms with Crippen molar-refractivity contribution >= 4 is 10.0 Å². The summed E-state index contributed by atoms with van der Waals surface area (Å²) in [6.07, 6.45) is 1.60. The summed E-state index contributed by atoms with van der Waals surface area (Å²) in [7, 11) is -2.07. The van der Waals surface area contributed by atoms with Crippen molar-refractivity contribution in [3.05, 3.63) is 42.2 Å². The number of morpholine rings is 1. The van der Waals surface area contributed by atoms with E-state index in [2.05, 4.69) is 10.2 Å². The maximum absolute atomic E-state index is 12.9. The van der Waals surface area contributed by atoms with Crippen LogP contribution in [0.15, 0.2) is 41.4 Å². The number of sulfonamides is 1. The maximum atomic E-state index is 12.9. The van der Waals surface area contributed by atoms with Crippen LogP contribution < -0.4 is 4.74 Å². The summed E-state index contributed by atoms with van der Waals surface area (Å²) in [5, 5.41) is 6.71. The molecule has 1 N–H and O–H groups in total. The molecule has 3 rings (SSSR count). The third-order valence-corrected chi connectivity index (χ3v) is 5.55. The van der Waals surface area contributed by atoms with Crippen LogP contribution in [0.5, 0.6) is 5.75 Å². The van der Waals surface area contributed by atoms with E-state index in [9.17, 15) is 8.42 Å². The highest BCUT2D eigenvalue weighted by atomic mass is 32.2. The first kappa shape index (κ1) is 15.0. The van der Waals surface area contributed by atoms with E-state index in [-0.39, 0.29) is 4.90 Å². The lowest BCUT2D eigenvalue weighted by Crippen LogP contribution is -2.43. The molecule has 0 bridgehead atoms. The third kappa shape index (κ3) is 2.72. The van der Waals surface area contributed by atoms with Gasteiger partial charge in [0.25, 0.3) is 0 Å². The predicted octanol–water partition coefficient (Wildman–Crippen LogP) is 1.18. The lowest BCUT2D eigenvalue weighted by atomic mass is 10.2. The first-order valence-electron chi connectivity index (χ1n) is 6.86. The molecule has 1 aliphatic rings. The normalized spacial score (nSPS) is 20.0. The molecule has 1 fully saturated rings. The second kappa shape index (κ2) is 6.07. The molecule has 2 aromatic rings. The van der Waals surface area contributed by atoms with Crippen LogP contribution in [-0.2, 0) is 14.8 Å². The number of ether oxygens (including phenoxy) is 2. The van der Waals surface area contributed by atoms with Gasteiger partial charge in [0.2, 0.25) is 10.0 Å². The maximum Gasteiger partial charge on any atom is 0.243 e. The monoisotopic (exact) mass is 323 g/mol. The predicted molar refractivity (Wildman–Crippen MR) is 79.0 cm³/mol. The highest BCUT2D eigenvalue weighted by Gasteiger charge is 2.35. The number of methoxy groups -OCH3 is 1. The molecule has 2 heterocycles. The number of benzene rings is 1. The van der Waals surface area contributed by atoms with Crippen LogP contribution in [0.3, 0.4) is 0 Å². The Balaban J connectivity index is 1.94. The van der Waals surface area contributed by atoms with Crippen LogP contribution in [0.2, 0.25) is 0 Å². The zero-order valence-corrected chi connectivity index (χ0v) is 12.9. The number of hydrogen-bond acceptors (Lipinski definition) is 5. The molecular formula is C14H17N3O4S. The third-order valence-electron chi connectivity index (χ3n) is 3.63. The zero-order valence-electron chi connectivity index (χ0n) is 12.1. The molecule has 0 unspecified atom stereocenters. The van der Waals surface area contributed by atoms with E-state index in [1.54, 1.807) is 43.6 Å². The van der Waals surface area contributed by atoms with Gasteiger partial charge in [-0.05, 0) is 30.3 Å². The van der Waals surface area contributed by atoms with Gasteiger partial charge < -0.3 is 9.47 Å². The van der Waals surface area contributed by atoms with Gasteiger partial charge in [0.1, 0.15) is 5.75 Å². The van der Waals surface area contributed by atoms with E-state index in [1.807, 2.05) is 0 Å². The second-order valence-corrected chi connectivity index (χ2v) is 6.78. The Morgan fingerprint density at radius 3 is 2.73 bits per heavy atom. The second-order valence-electron chi connectivity index (χ2n) is 4.89. The molecule has 0 aliphatic carbocycles. The van der Waals surface area contributed by atoms with Gasteiger partial charge in [-0.1, -0.05) is 0 Å². The number of nitrogens with zero attached hydrogens (tertiary/aromatic N) is 2. The van der Waals surface area contributed by atoms with Crippen molar-refractivity contribution < 1.29 is 17.9 Å². The van der Waals surface area contributed by atoms with Crippen LogP contribution >= 0.6 is 0 Å². The Morgan fingerprint density at radius 2 is 2.09 bits per heavy atom. The van der Waals surface area contributed by atoms with E-state index in [4.69, 9.17) is 9.47 Å². The fourth-order valence-electron chi connectivity index (χ4n) is 2.46. The lowest BCUT2D eigenvalue weighted by molar-refractivity contribution is 0.0306. The Labute approximate surface area is 128 Å². The minimum absolute atomic E-state index is 0.236. The quantitative estimate of drug-likeness (QED) is 0.913. The van der Waals surface area contributed by atoms with Crippen molar-refractivity contribution in [2.24, 2.45) is 0 Å². The van der Waals surface area contributed by atoms with E-state index < -0.39 is 16.1 Å². The van der Waals surface area contributed by atoms with Crippen LogP contribution in [0.25, 0.3) is 0 Å². The van der Waals surface area contributed by atoms with Gasteiger partial charge in [-0.2, -0.15) is 9.40 Å². The van der Waals surface area contributed by atoms with Crippen molar-refractivity contribution in [1.82, 2.24) is 14.5 Å². The Kier molecular flexibility index (Phi) is 4.14. The molecule has 1 aliphatic heterocycles. The average molecular weight is 323 g/mol. The fourth-order valence-corrected chi connectivity index (χ4v) is 4.03. The van der Waals surface area contributed by atoms with Crippen LogP contribution in [0.4, 0.5) is 0 Å². The largest absolute Gasteiger partial charge is 0.497 e. The number of rotatable bonds is 4. The topological polar surface area (TPSA) is 84.5 Å². The molecule has 1 aromatic carbocycles. The van der Waals surface area contributed by atoms with E-state index in [0.29, 0.717) is 25.5 Å². The van der Waals surface area contributed by atoms with Gasteiger partial charge in [0.05, 0.1) is 37.0 Å². The molecule has 1 saturated heterocycles. The molecule has 7 nitrogen and oxygen atoms in total. The number of aromatic nitrogens is 2. The highest BCUT2D eigenvalue weighted by Crippen LogP contribution is 2.29. The van der Waals surface area contributed by atoms with Crippen molar-refractivity contribution in [2.75, 3.05) is 26.9 Å². The Morgan fingerprint density at radius 1 is 1.32 bits per heavy atom. The average Bonchev–Trinajstić information content (AvgIpc) is 3.09. The first-order chi connectivity index (χ1) is 10.6. The smallest absolute Gasteiger partial charge is 0.243 e. The Hall–Kier alpha value is -1.90. The summed E-state index contributed by atoms with van der Waals surface area (Å²) in [5.41, 5.74) is 0.719. The molecule has 0 spiro atoms. The first-order valence-corrected chi connectivity index (χ1v) is 8.30. The Bertz CT molecular complexity index is 713.